The molecule has 0 aliphatic heterocycles. The number of rotatable bonds is 10. The number of esters is 1. The highest BCUT2D eigenvalue weighted by atomic mass is 19.3. The topological polar surface area (TPSA) is 83.1 Å². The lowest BCUT2D eigenvalue weighted by Gasteiger charge is -2.12. The first kappa shape index (κ1) is 21.9. The zero-order chi connectivity index (χ0) is 21.2. The summed E-state index contributed by atoms with van der Waals surface area (Å²) >= 11 is 0. The quantitative estimate of drug-likeness (QED) is 0.608. The average molecular weight is 409 g/mol. The van der Waals surface area contributed by atoms with Crippen molar-refractivity contribution in [1.82, 2.24) is 5.32 Å². The molecule has 2 aromatic carbocycles. The second-order valence-corrected chi connectivity index (χ2v) is 5.74. The second-order valence-electron chi connectivity index (χ2n) is 5.74. The number of halogens is 2. The maximum atomic E-state index is 12.3. The summed E-state index contributed by atoms with van der Waals surface area (Å²) in [7, 11) is 2.77. The summed E-state index contributed by atoms with van der Waals surface area (Å²) in [6.07, 6.45) is 0.414. The molecular weight excluding hydrogens is 388 g/mol. The lowest BCUT2D eigenvalue weighted by Crippen LogP contribution is -2.30. The third kappa shape index (κ3) is 6.63. The molecule has 0 saturated heterocycles. The van der Waals surface area contributed by atoms with E-state index in [0.717, 1.165) is 5.56 Å². The van der Waals surface area contributed by atoms with E-state index in [1.807, 2.05) is 0 Å². The lowest BCUT2D eigenvalue weighted by atomic mass is 10.1. The Morgan fingerprint density at radius 1 is 1.00 bits per heavy atom. The molecule has 0 unspecified atom stereocenters. The summed E-state index contributed by atoms with van der Waals surface area (Å²) in [5, 5.41) is 2.61. The zero-order valence-electron chi connectivity index (χ0n) is 15.9. The lowest BCUT2D eigenvalue weighted by molar-refractivity contribution is -0.124. The fourth-order valence-corrected chi connectivity index (χ4v) is 2.48. The van der Waals surface area contributed by atoms with Crippen molar-refractivity contribution in [3.8, 4) is 17.2 Å². The Balaban J connectivity index is 1.80. The molecule has 156 valence electrons. The minimum absolute atomic E-state index is 0.0708. The van der Waals surface area contributed by atoms with Gasteiger partial charge >= 0.3 is 12.6 Å². The number of ether oxygens (including phenoxy) is 4. The molecule has 0 bridgehead atoms. The standard InChI is InChI=1S/C20H21F2NO6/c1-26-15-6-4-3-5-14(15)19(25)28-12-18(24)23-10-9-13-7-8-16(29-20(21)22)17(11-13)27-2/h3-8,11,20H,9-10,12H2,1-2H3,(H,23,24). The van der Waals surface area contributed by atoms with Crippen LogP contribution in [0.25, 0.3) is 0 Å². The summed E-state index contributed by atoms with van der Waals surface area (Å²) in [6.45, 7) is -3.14. The van der Waals surface area contributed by atoms with Gasteiger partial charge in [-0.05, 0) is 36.2 Å². The van der Waals surface area contributed by atoms with Gasteiger partial charge in [0.1, 0.15) is 11.3 Å². The first-order valence-electron chi connectivity index (χ1n) is 8.63. The Kier molecular flexibility index (Phi) is 8.20. The Hall–Kier alpha value is -3.36. The number of carbonyl (C=O) groups excluding carboxylic acids is 2. The van der Waals surface area contributed by atoms with Gasteiger partial charge in [-0.1, -0.05) is 18.2 Å². The Labute approximate surface area is 166 Å². The van der Waals surface area contributed by atoms with Crippen LogP contribution in [0.2, 0.25) is 0 Å². The van der Waals surface area contributed by atoms with Gasteiger partial charge < -0.3 is 24.3 Å². The van der Waals surface area contributed by atoms with Crippen LogP contribution in [-0.2, 0) is 16.0 Å². The SMILES string of the molecule is COc1cc(CCNC(=O)COC(=O)c2ccccc2OC)ccc1OC(F)F. The van der Waals surface area contributed by atoms with Crippen LogP contribution < -0.4 is 19.5 Å². The largest absolute Gasteiger partial charge is 0.496 e. The van der Waals surface area contributed by atoms with Gasteiger partial charge in [0.25, 0.3) is 5.91 Å². The van der Waals surface area contributed by atoms with Crippen molar-refractivity contribution in [2.45, 2.75) is 13.0 Å². The molecule has 0 spiro atoms. The van der Waals surface area contributed by atoms with Crippen LogP contribution in [0.1, 0.15) is 15.9 Å². The van der Waals surface area contributed by atoms with Gasteiger partial charge in [-0.15, -0.1) is 0 Å². The molecule has 2 aromatic rings. The highest BCUT2D eigenvalue weighted by Gasteiger charge is 2.15. The molecular formula is C20H21F2NO6. The number of carbonyl (C=O) groups is 2. The van der Waals surface area contributed by atoms with Crippen molar-refractivity contribution in [3.05, 3.63) is 53.6 Å². The number of nitrogens with one attached hydrogen (secondary N) is 1. The van der Waals surface area contributed by atoms with E-state index in [-0.39, 0.29) is 23.6 Å². The van der Waals surface area contributed by atoms with Gasteiger partial charge in [0.2, 0.25) is 0 Å². The number of methoxy groups -OCH3 is 2. The summed E-state index contributed by atoms with van der Waals surface area (Å²) < 4.78 is 44.1. The number of hydrogen-bond acceptors (Lipinski definition) is 6. The van der Waals surface area contributed by atoms with Crippen LogP contribution in [-0.4, -0.2) is 45.9 Å². The van der Waals surface area contributed by atoms with E-state index in [1.54, 1.807) is 30.3 Å². The maximum absolute atomic E-state index is 12.3. The molecule has 0 radical (unpaired) electrons. The third-order valence-electron chi connectivity index (χ3n) is 3.84. The van der Waals surface area contributed by atoms with Gasteiger partial charge in [0.05, 0.1) is 14.2 Å². The Morgan fingerprint density at radius 3 is 2.41 bits per heavy atom. The Morgan fingerprint density at radius 2 is 1.72 bits per heavy atom. The van der Waals surface area contributed by atoms with Crippen LogP contribution in [0.5, 0.6) is 17.2 Å². The zero-order valence-corrected chi connectivity index (χ0v) is 15.9. The number of alkyl halides is 2. The first-order chi connectivity index (χ1) is 13.9. The molecule has 1 amide bonds. The minimum atomic E-state index is -2.95. The average Bonchev–Trinajstić information content (AvgIpc) is 2.72. The van der Waals surface area contributed by atoms with Crippen LogP contribution >= 0.6 is 0 Å². The third-order valence-corrected chi connectivity index (χ3v) is 3.84. The van der Waals surface area contributed by atoms with Gasteiger partial charge in [-0.25, -0.2) is 4.79 Å². The van der Waals surface area contributed by atoms with Gasteiger partial charge in [-0.2, -0.15) is 8.78 Å². The number of benzene rings is 2. The predicted octanol–water partition coefficient (Wildman–Crippen LogP) is 2.82. The molecule has 0 aliphatic carbocycles. The first-order valence-corrected chi connectivity index (χ1v) is 8.63. The monoisotopic (exact) mass is 409 g/mol. The van der Waals surface area contributed by atoms with Crippen LogP contribution in [0, 0.1) is 0 Å². The minimum Gasteiger partial charge on any atom is -0.496 e. The number of para-hydroxylation sites is 1. The molecule has 0 aliphatic rings. The molecule has 0 aromatic heterocycles. The smallest absolute Gasteiger partial charge is 0.387 e. The van der Waals surface area contributed by atoms with Crippen LogP contribution in [0.3, 0.4) is 0 Å². The summed E-state index contributed by atoms with van der Waals surface area (Å²) in [6, 6.07) is 11.0. The van der Waals surface area contributed by atoms with E-state index in [9.17, 15) is 18.4 Å². The number of amides is 1. The van der Waals surface area contributed by atoms with Gasteiger partial charge in [-0.3, -0.25) is 4.79 Å². The van der Waals surface area contributed by atoms with E-state index in [2.05, 4.69) is 10.1 Å². The van der Waals surface area contributed by atoms with Crippen LogP contribution in [0.4, 0.5) is 8.78 Å². The molecule has 9 heteroatoms. The van der Waals surface area contributed by atoms with Crippen molar-refractivity contribution in [2.75, 3.05) is 27.4 Å². The predicted molar refractivity (Wildman–Crippen MR) is 99.6 cm³/mol. The van der Waals surface area contributed by atoms with Crippen molar-refractivity contribution < 1.29 is 37.3 Å². The van der Waals surface area contributed by atoms with E-state index >= 15 is 0 Å². The molecule has 0 saturated carbocycles. The van der Waals surface area contributed by atoms with E-state index in [4.69, 9.17) is 14.2 Å². The fourth-order valence-electron chi connectivity index (χ4n) is 2.48. The number of hydrogen-bond donors (Lipinski definition) is 1. The van der Waals surface area contributed by atoms with Crippen molar-refractivity contribution in [3.63, 3.8) is 0 Å². The van der Waals surface area contributed by atoms with E-state index in [0.29, 0.717) is 12.2 Å². The molecule has 0 heterocycles. The highest BCUT2D eigenvalue weighted by molar-refractivity contribution is 5.93. The van der Waals surface area contributed by atoms with Gasteiger partial charge in [0, 0.05) is 6.54 Å². The fraction of sp³-hybridized carbons (Fsp3) is 0.300. The summed E-state index contributed by atoms with van der Waals surface area (Å²) in [4.78, 5) is 23.9. The molecule has 7 nitrogen and oxygen atoms in total. The molecule has 0 fully saturated rings. The maximum Gasteiger partial charge on any atom is 0.387 e. The normalized spacial score (nSPS) is 10.4. The molecule has 0 atom stereocenters. The van der Waals surface area contributed by atoms with Crippen LogP contribution in [0.15, 0.2) is 42.5 Å². The molecule has 29 heavy (non-hydrogen) atoms. The highest BCUT2D eigenvalue weighted by Crippen LogP contribution is 2.29. The summed E-state index contributed by atoms with van der Waals surface area (Å²) in [5.74, 6) is -0.695. The molecule has 2 rings (SSSR count). The van der Waals surface area contributed by atoms with Crippen molar-refractivity contribution >= 4 is 11.9 Å². The van der Waals surface area contributed by atoms with Crippen molar-refractivity contribution in [1.29, 1.82) is 0 Å². The van der Waals surface area contributed by atoms with E-state index in [1.165, 1.54) is 26.4 Å². The second kappa shape index (κ2) is 10.8. The molecule has 1 N–H and O–H groups in total. The summed E-state index contributed by atoms with van der Waals surface area (Å²) in [5.41, 5.74) is 0.968. The van der Waals surface area contributed by atoms with Crippen molar-refractivity contribution in [2.24, 2.45) is 0 Å². The van der Waals surface area contributed by atoms with E-state index < -0.39 is 25.1 Å². The van der Waals surface area contributed by atoms with Gasteiger partial charge in [0.15, 0.2) is 18.1 Å². The Bertz CT molecular complexity index is 843.